The number of thiophene rings is 1. The fraction of sp³-hybridized carbons (Fsp3) is 0.292. The van der Waals surface area contributed by atoms with Crippen LogP contribution < -0.4 is 10.2 Å². The van der Waals surface area contributed by atoms with E-state index in [9.17, 15) is 0 Å². The van der Waals surface area contributed by atoms with Crippen molar-refractivity contribution in [3.63, 3.8) is 0 Å². The quantitative estimate of drug-likeness (QED) is 0.439. The first-order chi connectivity index (χ1) is 15.3. The Hall–Kier alpha value is -3.03. The molecule has 0 atom stereocenters. The van der Waals surface area contributed by atoms with E-state index in [4.69, 9.17) is 14.7 Å². The minimum Gasteiger partial charge on any atom is -0.377 e. The third-order valence-electron chi connectivity index (χ3n) is 5.54. The third kappa shape index (κ3) is 4.24. The standard InChI is InChI=1S/C24H25N5OS/c1-30-15-20-27-23(22-19(16-31-24(22)28-20)18-7-3-2-4-8-18)26-14-17-9-10-25-21(13-17)29-11-5-6-12-29/h2-4,7-10,13,16H,5-6,11-12,14-15H2,1H3,(H,26,27,28). The maximum Gasteiger partial charge on any atom is 0.158 e. The number of aromatic nitrogens is 3. The summed E-state index contributed by atoms with van der Waals surface area (Å²) in [6.45, 7) is 3.24. The molecule has 1 aromatic carbocycles. The van der Waals surface area contributed by atoms with Gasteiger partial charge in [0.2, 0.25) is 0 Å². The molecule has 0 unspecified atom stereocenters. The van der Waals surface area contributed by atoms with Crippen LogP contribution in [0.1, 0.15) is 24.2 Å². The SMILES string of the molecule is COCc1nc(NCc2ccnc(N3CCCC3)c2)c2c(-c3ccccc3)csc2n1. The summed E-state index contributed by atoms with van der Waals surface area (Å²) in [7, 11) is 1.67. The van der Waals surface area contributed by atoms with Crippen molar-refractivity contribution < 1.29 is 4.74 Å². The van der Waals surface area contributed by atoms with Crippen LogP contribution in [0.15, 0.2) is 54.0 Å². The van der Waals surface area contributed by atoms with Gasteiger partial charge in [-0.15, -0.1) is 11.3 Å². The van der Waals surface area contributed by atoms with Gasteiger partial charge in [0.25, 0.3) is 0 Å². The van der Waals surface area contributed by atoms with E-state index in [2.05, 4.69) is 57.0 Å². The van der Waals surface area contributed by atoms with E-state index in [1.54, 1.807) is 18.4 Å². The average Bonchev–Trinajstić information content (AvgIpc) is 3.49. The van der Waals surface area contributed by atoms with Gasteiger partial charge in [0.15, 0.2) is 5.82 Å². The first kappa shape index (κ1) is 19.9. The van der Waals surface area contributed by atoms with Gasteiger partial charge >= 0.3 is 0 Å². The van der Waals surface area contributed by atoms with Crippen LogP contribution in [-0.2, 0) is 17.9 Å². The molecule has 1 aliphatic heterocycles. The summed E-state index contributed by atoms with van der Waals surface area (Å²) in [5.41, 5.74) is 3.51. The molecule has 0 radical (unpaired) electrons. The van der Waals surface area contributed by atoms with Crippen molar-refractivity contribution in [3.8, 4) is 11.1 Å². The lowest BCUT2D eigenvalue weighted by molar-refractivity contribution is 0.178. The van der Waals surface area contributed by atoms with Gasteiger partial charge in [-0.1, -0.05) is 30.3 Å². The predicted molar refractivity (Wildman–Crippen MR) is 127 cm³/mol. The van der Waals surface area contributed by atoms with Crippen LogP contribution in [0.3, 0.4) is 0 Å². The zero-order valence-electron chi connectivity index (χ0n) is 17.5. The molecular formula is C24H25N5OS. The molecule has 0 amide bonds. The monoisotopic (exact) mass is 431 g/mol. The van der Waals surface area contributed by atoms with Gasteiger partial charge in [-0.3, -0.25) is 0 Å². The third-order valence-corrected chi connectivity index (χ3v) is 6.41. The second-order valence-electron chi connectivity index (χ2n) is 7.69. The summed E-state index contributed by atoms with van der Waals surface area (Å²) in [6, 6.07) is 14.6. The van der Waals surface area contributed by atoms with Crippen molar-refractivity contribution in [3.05, 3.63) is 65.4 Å². The van der Waals surface area contributed by atoms with Crippen LogP contribution in [0, 0.1) is 0 Å². The highest BCUT2D eigenvalue weighted by Crippen LogP contribution is 2.37. The molecule has 3 aromatic heterocycles. The molecule has 1 aliphatic rings. The van der Waals surface area contributed by atoms with Crippen molar-refractivity contribution in [1.29, 1.82) is 0 Å². The second kappa shape index (κ2) is 8.99. The van der Waals surface area contributed by atoms with Gasteiger partial charge in [-0.05, 0) is 36.1 Å². The molecule has 0 aliphatic carbocycles. The molecule has 6 nitrogen and oxygen atoms in total. The number of fused-ring (bicyclic) bond motifs is 1. The maximum absolute atomic E-state index is 5.30. The molecule has 158 valence electrons. The Kier molecular flexibility index (Phi) is 5.78. The highest BCUT2D eigenvalue weighted by atomic mass is 32.1. The van der Waals surface area contributed by atoms with E-state index < -0.39 is 0 Å². The largest absolute Gasteiger partial charge is 0.377 e. The van der Waals surface area contributed by atoms with Gasteiger partial charge in [0.1, 0.15) is 23.1 Å². The first-order valence-corrected chi connectivity index (χ1v) is 11.5. The Morgan fingerprint density at radius 1 is 1.10 bits per heavy atom. The summed E-state index contributed by atoms with van der Waals surface area (Å²) >= 11 is 1.64. The van der Waals surface area contributed by atoms with Crippen LogP contribution in [-0.4, -0.2) is 35.2 Å². The Morgan fingerprint density at radius 3 is 2.74 bits per heavy atom. The molecule has 5 rings (SSSR count). The predicted octanol–water partition coefficient (Wildman–Crippen LogP) is 5.11. The molecule has 4 aromatic rings. The second-order valence-corrected chi connectivity index (χ2v) is 8.55. The molecule has 31 heavy (non-hydrogen) atoms. The van der Waals surface area contributed by atoms with E-state index >= 15 is 0 Å². The topological polar surface area (TPSA) is 63.2 Å². The normalized spacial score (nSPS) is 13.8. The summed E-state index contributed by atoms with van der Waals surface area (Å²) < 4.78 is 5.30. The lowest BCUT2D eigenvalue weighted by Crippen LogP contribution is -2.19. The van der Waals surface area contributed by atoms with Crippen LogP contribution in [0.2, 0.25) is 0 Å². The van der Waals surface area contributed by atoms with Gasteiger partial charge in [-0.25, -0.2) is 15.0 Å². The van der Waals surface area contributed by atoms with Crippen molar-refractivity contribution >= 4 is 33.2 Å². The number of nitrogens with zero attached hydrogens (tertiary/aromatic N) is 4. The minimum absolute atomic E-state index is 0.386. The van der Waals surface area contributed by atoms with Crippen LogP contribution >= 0.6 is 11.3 Å². The molecule has 0 saturated carbocycles. The zero-order chi connectivity index (χ0) is 21.0. The molecule has 0 bridgehead atoms. The van der Waals surface area contributed by atoms with Crippen LogP contribution in [0.4, 0.5) is 11.6 Å². The van der Waals surface area contributed by atoms with Crippen molar-refractivity contribution in [2.75, 3.05) is 30.4 Å². The van der Waals surface area contributed by atoms with Crippen molar-refractivity contribution in [2.45, 2.75) is 26.0 Å². The number of hydrogen-bond acceptors (Lipinski definition) is 7. The lowest BCUT2D eigenvalue weighted by Gasteiger charge is -2.17. The average molecular weight is 432 g/mol. The molecule has 0 spiro atoms. The van der Waals surface area contributed by atoms with E-state index in [0.717, 1.165) is 40.5 Å². The molecule has 1 saturated heterocycles. The fourth-order valence-electron chi connectivity index (χ4n) is 4.01. The lowest BCUT2D eigenvalue weighted by atomic mass is 10.1. The Bertz CT molecular complexity index is 1170. The van der Waals surface area contributed by atoms with Crippen molar-refractivity contribution in [1.82, 2.24) is 15.0 Å². The van der Waals surface area contributed by atoms with E-state index in [1.165, 1.54) is 24.0 Å². The fourth-order valence-corrected chi connectivity index (χ4v) is 4.98. The number of benzene rings is 1. The molecule has 4 heterocycles. The van der Waals surface area contributed by atoms with Gasteiger partial charge in [0, 0.05) is 43.9 Å². The molecule has 7 heteroatoms. The number of nitrogens with one attached hydrogen (secondary N) is 1. The number of ether oxygens (including phenoxy) is 1. The van der Waals surface area contributed by atoms with E-state index in [-0.39, 0.29) is 0 Å². The van der Waals surface area contributed by atoms with Crippen molar-refractivity contribution in [2.24, 2.45) is 0 Å². The Balaban J connectivity index is 1.48. The molecule has 1 N–H and O–H groups in total. The highest BCUT2D eigenvalue weighted by molar-refractivity contribution is 7.17. The van der Waals surface area contributed by atoms with Crippen LogP contribution in [0.5, 0.6) is 0 Å². The number of pyridine rings is 1. The van der Waals surface area contributed by atoms with Gasteiger partial charge in [-0.2, -0.15) is 0 Å². The van der Waals surface area contributed by atoms with E-state index in [0.29, 0.717) is 19.0 Å². The number of hydrogen-bond donors (Lipinski definition) is 1. The Labute approximate surface area is 185 Å². The van der Waals surface area contributed by atoms with Crippen LogP contribution in [0.25, 0.3) is 21.3 Å². The van der Waals surface area contributed by atoms with Gasteiger partial charge in [0.05, 0.1) is 5.39 Å². The minimum atomic E-state index is 0.386. The zero-order valence-corrected chi connectivity index (χ0v) is 18.4. The first-order valence-electron chi connectivity index (χ1n) is 10.6. The number of anilines is 2. The number of rotatable bonds is 7. The van der Waals surface area contributed by atoms with E-state index in [1.807, 2.05) is 12.3 Å². The molecular weight excluding hydrogens is 406 g/mol. The van der Waals surface area contributed by atoms with Gasteiger partial charge < -0.3 is 15.0 Å². The summed E-state index contributed by atoms with van der Waals surface area (Å²) in [5, 5.41) is 6.79. The smallest absolute Gasteiger partial charge is 0.158 e. The molecule has 1 fully saturated rings. The summed E-state index contributed by atoms with van der Waals surface area (Å²) in [4.78, 5) is 17.4. The summed E-state index contributed by atoms with van der Waals surface area (Å²) in [5.74, 6) is 2.59. The Morgan fingerprint density at radius 2 is 1.94 bits per heavy atom. The summed E-state index contributed by atoms with van der Waals surface area (Å²) in [6.07, 6.45) is 4.38. The highest BCUT2D eigenvalue weighted by Gasteiger charge is 2.16. The number of methoxy groups -OCH3 is 1. The maximum atomic E-state index is 5.30.